The number of anilines is 1. The highest BCUT2D eigenvalue weighted by Crippen LogP contribution is 2.30. The molecule has 2 heterocycles. The number of carbonyl (C=O) groups excluding carboxylic acids is 2. The van der Waals surface area contributed by atoms with Crippen LogP contribution < -0.4 is 10.2 Å². The number of nitrogens with zero attached hydrogens (tertiary/aromatic N) is 2. The van der Waals surface area contributed by atoms with E-state index in [2.05, 4.69) is 9.68 Å². The molecule has 3 N–H and O–H groups in total. The van der Waals surface area contributed by atoms with Crippen LogP contribution in [0.25, 0.3) is 5.57 Å². The lowest BCUT2D eigenvalue weighted by molar-refractivity contribution is -0.119. The minimum Gasteiger partial charge on any atom is -0.442 e. The van der Waals surface area contributed by atoms with Crippen LogP contribution in [0.5, 0.6) is 0 Å². The van der Waals surface area contributed by atoms with E-state index in [1.807, 2.05) is 0 Å². The summed E-state index contributed by atoms with van der Waals surface area (Å²) >= 11 is 0. The predicted octanol–water partition coefficient (Wildman–Crippen LogP) is 0.895. The fourth-order valence-electron chi connectivity index (χ4n) is 3.36. The summed E-state index contributed by atoms with van der Waals surface area (Å²) in [5.74, 6) is -0.360. The van der Waals surface area contributed by atoms with Crippen molar-refractivity contribution in [2.75, 3.05) is 42.6 Å². The number of carbonyl (C=O) groups is 2. The second-order valence-corrected chi connectivity index (χ2v) is 10.0. The van der Waals surface area contributed by atoms with Crippen molar-refractivity contribution in [2.24, 2.45) is 4.36 Å². The normalized spacial score (nSPS) is 24.4. The van der Waals surface area contributed by atoms with Crippen LogP contribution >= 0.6 is 0 Å². The van der Waals surface area contributed by atoms with E-state index in [-0.39, 0.29) is 37.0 Å². The third-order valence-electron chi connectivity index (χ3n) is 5.07. The van der Waals surface area contributed by atoms with Gasteiger partial charge in [-0.3, -0.25) is 9.69 Å². The Kier molecular flexibility index (Phi) is 7.29. The largest absolute Gasteiger partial charge is 0.442 e. The number of nitrogens with one attached hydrogen (secondary N) is 1. The maximum atomic E-state index is 14.8. The molecular weight excluding hydrogens is 429 g/mol. The second-order valence-electron chi connectivity index (χ2n) is 7.49. The van der Waals surface area contributed by atoms with E-state index in [1.54, 1.807) is 18.2 Å². The van der Waals surface area contributed by atoms with Gasteiger partial charge in [0.2, 0.25) is 5.91 Å². The maximum absolute atomic E-state index is 14.8. The van der Waals surface area contributed by atoms with Crippen LogP contribution in [0.3, 0.4) is 0 Å². The Hall–Kier alpha value is -2.50. The molecule has 1 aromatic rings. The monoisotopic (exact) mass is 455 g/mol. The van der Waals surface area contributed by atoms with Crippen LogP contribution in [0.2, 0.25) is 0 Å². The Labute approximate surface area is 180 Å². The zero-order valence-corrected chi connectivity index (χ0v) is 17.9. The molecule has 2 aliphatic rings. The van der Waals surface area contributed by atoms with E-state index in [0.717, 1.165) is 0 Å². The summed E-state index contributed by atoms with van der Waals surface area (Å²) < 4.78 is 36.8. The molecule has 1 aromatic carbocycles. The first kappa shape index (κ1) is 23.2. The number of rotatable bonds is 7. The molecule has 0 spiro atoms. The van der Waals surface area contributed by atoms with Crippen LogP contribution in [0, 0.1) is 5.82 Å². The van der Waals surface area contributed by atoms with Crippen molar-refractivity contribution in [1.82, 2.24) is 5.32 Å². The molecule has 0 aliphatic carbocycles. The summed E-state index contributed by atoms with van der Waals surface area (Å²) in [5, 5.41) is 20.8. The van der Waals surface area contributed by atoms with Crippen LogP contribution in [0.4, 0.5) is 14.9 Å². The molecule has 170 valence electrons. The topological polar surface area (TPSA) is 129 Å². The zero-order chi connectivity index (χ0) is 22.6. The Morgan fingerprint density at radius 1 is 1.48 bits per heavy atom. The fourth-order valence-corrected chi connectivity index (χ4v) is 5.20. The minimum absolute atomic E-state index is 0.101. The van der Waals surface area contributed by atoms with Gasteiger partial charge in [-0.05, 0) is 30.2 Å². The van der Waals surface area contributed by atoms with E-state index < -0.39 is 40.5 Å². The number of hydrogen-bond acceptors (Lipinski definition) is 7. The molecule has 1 unspecified atom stereocenters. The van der Waals surface area contributed by atoms with E-state index >= 15 is 0 Å². The lowest BCUT2D eigenvalue weighted by Crippen LogP contribution is -2.33. The molecule has 2 aliphatic heterocycles. The molecule has 3 atom stereocenters. The van der Waals surface area contributed by atoms with Gasteiger partial charge in [0.1, 0.15) is 11.9 Å². The van der Waals surface area contributed by atoms with E-state index in [1.165, 1.54) is 17.9 Å². The molecule has 0 saturated carbocycles. The zero-order valence-electron chi connectivity index (χ0n) is 17.1. The van der Waals surface area contributed by atoms with Gasteiger partial charge < -0.3 is 20.3 Å². The van der Waals surface area contributed by atoms with Crippen LogP contribution in [0.1, 0.15) is 18.9 Å². The first-order chi connectivity index (χ1) is 14.7. The average Bonchev–Trinajstić information content (AvgIpc) is 3.12. The van der Waals surface area contributed by atoms with Crippen molar-refractivity contribution in [3.63, 3.8) is 0 Å². The first-order valence-corrected chi connectivity index (χ1v) is 11.7. The number of halogens is 1. The van der Waals surface area contributed by atoms with Gasteiger partial charge in [-0.2, -0.15) is 0 Å². The number of ether oxygens (including phenoxy) is 1. The van der Waals surface area contributed by atoms with Gasteiger partial charge in [-0.1, -0.05) is 6.08 Å². The van der Waals surface area contributed by atoms with Crippen molar-refractivity contribution in [3.8, 4) is 0 Å². The third-order valence-corrected chi connectivity index (χ3v) is 7.22. The quantitative estimate of drug-likeness (QED) is 0.560. The van der Waals surface area contributed by atoms with E-state index in [4.69, 9.17) is 9.84 Å². The lowest BCUT2D eigenvalue weighted by atomic mass is 10.0. The number of allylic oxidation sites excluding steroid dienone is 1. The van der Waals surface area contributed by atoms with Crippen LogP contribution in [-0.2, 0) is 19.3 Å². The van der Waals surface area contributed by atoms with Gasteiger partial charge in [-0.25, -0.2) is 17.8 Å². The van der Waals surface area contributed by atoms with Crippen molar-refractivity contribution >= 4 is 33.0 Å². The second kappa shape index (κ2) is 9.75. The van der Waals surface area contributed by atoms with Gasteiger partial charge >= 0.3 is 6.09 Å². The Bertz CT molecular complexity index is 1000. The number of aliphatic hydroxyl groups is 2. The molecule has 1 fully saturated rings. The molecule has 2 amide bonds. The highest BCUT2D eigenvalue weighted by atomic mass is 32.2. The number of cyclic esters (lactones) is 1. The molecular formula is C20H26FN3O6S. The molecule has 11 heteroatoms. The molecule has 31 heavy (non-hydrogen) atoms. The number of benzene rings is 1. The van der Waals surface area contributed by atoms with Crippen molar-refractivity contribution < 1.29 is 33.1 Å². The Morgan fingerprint density at radius 2 is 2.26 bits per heavy atom. The van der Waals surface area contributed by atoms with E-state index in [9.17, 15) is 23.3 Å². The van der Waals surface area contributed by atoms with Crippen molar-refractivity contribution in [1.29, 1.82) is 0 Å². The van der Waals surface area contributed by atoms with Crippen LogP contribution in [0.15, 0.2) is 28.6 Å². The first-order valence-electron chi connectivity index (χ1n) is 9.89. The average molecular weight is 456 g/mol. The van der Waals surface area contributed by atoms with Crippen LogP contribution in [-0.4, -0.2) is 76.4 Å². The molecule has 1 saturated heterocycles. The smallest absolute Gasteiger partial charge is 0.414 e. The van der Waals surface area contributed by atoms with Gasteiger partial charge in [-0.15, -0.1) is 0 Å². The van der Waals surface area contributed by atoms with Gasteiger partial charge in [0.25, 0.3) is 0 Å². The molecule has 9 nitrogen and oxygen atoms in total. The summed E-state index contributed by atoms with van der Waals surface area (Å²) in [6.07, 6.45) is -0.110. The molecule has 0 radical (unpaired) electrons. The summed E-state index contributed by atoms with van der Waals surface area (Å²) in [5.41, 5.74) is 1.42. The molecule has 0 bridgehead atoms. The Morgan fingerprint density at radius 3 is 2.87 bits per heavy atom. The summed E-state index contributed by atoms with van der Waals surface area (Å²) in [4.78, 5) is 24.4. The highest BCUT2D eigenvalue weighted by molar-refractivity contribution is 7.93. The predicted molar refractivity (Wildman–Crippen MR) is 114 cm³/mol. The molecule has 0 aromatic heterocycles. The number of aliphatic hydroxyl groups excluding tert-OH is 2. The summed E-state index contributed by atoms with van der Waals surface area (Å²) in [6, 6.07) is 4.45. The lowest BCUT2D eigenvalue weighted by Gasteiger charge is -2.19. The summed E-state index contributed by atoms with van der Waals surface area (Å²) in [6.45, 7) is 1.20. The van der Waals surface area contributed by atoms with E-state index in [0.29, 0.717) is 23.2 Å². The number of hydrogen-bond donors (Lipinski definition) is 3. The number of amides is 2. The fraction of sp³-hybridized carbons (Fsp3) is 0.500. The van der Waals surface area contributed by atoms with Gasteiger partial charge in [0.05, 0.1) is 53.5 Å². The standard InChI is InChI=1S/C20H26FN3O6S/c1-13(26)22-10-17-11-24(20(28)30-17)15-2-3-18(19(21)8-15)14-4-6-31(29,7-5-14)23-9-16(27)12-25/h2-4,8,16-17,25,27H,5-7,9-12H2,1H3,(H,22,26)/t16-,17+,31?/m0/s1. The van der Waals surface area contributed by atoms with Crippen molar-refractivity contribution in [2.45, 2.75) is 25.6 Å². The van der Waals surface area contributed by atoms with Crippen molar-refractivity contribution in [3.05, 3.63) is 35.7 Å². The summed E-state index contributed by atoms with van der Waals surface area (Å²) in [7, 11) is -2.54. The third kappa shape index (κ3) is 5.81. The molecule has 3 rings (SSSR count). The van der Waals surface area contributed by atoms with Gasteiger partial charge in [0, 0.05) is 18.2 Å². The Balaban J connectivity index is 1.70. The SMILES string of the molecule is CC(=O)NC[C@@H]1CN(c2ccc(C3=CCS(=O)(=NC[C@H](O)CO)CC3)c(F)c2)C(=O)O1. The van der Waals surface area contributed by atoms with Gasteiger partial charge in [0.15, 0.2) is 0 Å². The highest BCUT2D eigenvalue weighted by Gasteiger charge is 2.33. The maximum Gasteiger partial charge on any atom is 0.414 e. The minimum atomic E-state index is -2.54.